The van der Waals surface area contributed by atoms with Gasteiger partial charge in [0.05, 0.1) is 4.90 Å². The number of esters is 1. The number of aryl methyl sites for hydroxylation is 1. The summed E-state index contributed by atoms with van der Waals surface area (Å²) in [5, 5.41) is 12.3. The van der Waals surface area contributed by atoms with E-state index in [0.717, 1.165) is 0 Å². The van der Waals surface area contributed by atoms with Gasteiger partial charge in [-0.3, -0.25) is 4.79 Å². The van der Waals surface area contributed by atoms with Crippen molar-refractivity contribution >= 4 is 27.6 Å². The van der Waals surface area contributed by atoms with Gasteiger partial charge in [-0.05, 0) is 37.2 Å². The second-order valence-electron chi connectivity index (χ2n) is 5.66. The number of aliphatic hydroxyl groups excluding tert-OH is 1. The molecule has 2 rings (SSSR count). The van der Waals surface area contributed by atoms with Crippen LogP contribution in [0.15, 0.2) is 53.4 Å². The summed E-state index contributed by atoms with van der Waals surface area (Å²) in [7, 11) is -2.39. The number of amides is 1. The largest absolute Gasteiger partial charge is 0.453 e. The minimum Gasteiger partial charge on any atom is -0.453 e. The number of nitrogens with one attached hydrogen (secondary N) is 2. The lowest BCUT2D eigenvalue weighted by atomic mass is 10.1. The highest BCUT2D eigenvalue weighted by Gasteiger charge is 2.20. The normalized spacial score (nSPS) is 12.3. The van der Waals surface area contributed by atoms with Crippen LogP contribution in [-0.4, -0.2) is 39.1 Å². The maximum atomic E-state index is 12.0. The predicted molar refractivity (Wildman–Crippen MR) is 98.4 cm³/mol. The van der Waals surface area contributed by atoms with E-state index in [0.29, 0.717) is 11.1 Å². The lowest BCUT2D eigenvalue weighted by molar-refractivity contribution is -0.156. The van der Waals surface area contributed by atoms with E-state index in [4.69, 9.17) is 4.74 Å². The number of hydrogen-bond acceptors (Lipinski definition) is 6. The zero-order valence-electron chi connectivity index (χ0n) is 14.8. The van der Waals surface area contributed by atoms with Crippen LogP contribution in [0.4, 0.5) is 5.69 Å². The molecular weight excluding hydrogens is 372 g/mol. The van der Waals surface area contributed by atoms with Crippen LogP contribution in [0.1, 0.15) is 17.2 Å². The van der Waals surface area contributed by atoms with E-state index in [2.05, 4.69) is 10.0 Å². The summed E-state index contributed by atoms with van der Waals surface area (Å²) in [4.78, 5) is 23.8. The molecule has 0 unspecified atom stereocenters. The smallest absolute Gasteiger partial charge is 0.340 e. The Morgan fingerprint density at radius 1 is 1.15 bits per heavy atom. The third-order valence-electron chi connectivity index (χ3n) is 3.71. The number of rotatable bonds is 7. The molecule has 8 nitrogen and oxygen atoms in total. The predicted octanol–water partition coefficient (Wildman–Crippen LogP) is 1.12. The van der Waals surface area contributed by atoms with Crippen molar-refractivity contribution in [1.29, 1.82) is 0 Å². The first-order valence-corrected chi connectivity index (χ1v) is 9.46. The van der Waals surface area contributed by atoms with Crippen molar-refractivity contribution in [2.75, 3.05) is 19.0 Å². The molecule has 0 aliphatic rings. The molecular formula is C18H20N2O6S. The second kappa shape index (κ2) is 8.76. The van der Waals surface area contributed by atoms with Crippen LogP contribution in [0.3, 0.4) is 0 Å². The molecule has 0 fully saturated rings. The highest BCUT2D eigenvalue weighted by atomic mass is 32.2. The van der Waals surface area contributed by atoms with Crippen LogP contribution in [0.25, 0.3) is 0 Å². The zero-order valence-corrected chi connectivity index (χ0v) is 15.6. The molecule has 0 bridgehead atoms. The van der Waals surface area contributed by atoms with Crippen LogP contribution < -0.4 is 10.0 Å². The lowest BCUT2D eigenvalue weighted by Crippen LogP contribution is -2.24. The van der Waals surface area contributed by atoms with Crippen LogP contribution in [0.5, 0.6) is 0 Å². The fourth-order valence-corrected chi connectivity index (χ4v) is 3.26. The lowest BCUT2D eigenvalue weighted by Gasteiger charge is -2.12. The fraction of sp³-hybridized carbons (Fsp3) is 0.222. The Labute approximate surface area is 157 Å². The molecule has 27 heavy (non-hydrogen) atoms. The molecule has 0 aliphatic carbocycles. The Morgan fingerprint density at radius 2 is 1.81 bits per heavy atom. The molecule has 1 atom stereocenters. The van der Waals surface area contributed by atoms with Gasteiger partial charge in [0.15, 0.2) is 12.7 Å². The van der Waals surface area contributed by atoms with Gasteiger partial charge in [-0.15, -0.1) is 0 Å². The Hall–Kier alpha value is -2.75. The number of carbonyl (C=O) groups is 2. The van der Waals surface area contributed by atoms with E-state index in [1.165, 1.54) is 19.2 Å². The van der Waals surface area contributed by atoms with Crippen molar-refractivity contribution in [3.05, 3.63) is 59.7 Å². The first kappa shape index (κ1) is 20.6. The summed E-state index contributed by atoms with van der Waals surface area (Å²) in [6, 6.07) is 12.6. The van der Waals surface area contributed by atoms with Crippen LogP contribution in [0, 0.1) is 6.92 Å². The van der Waals surface area contributed by atoms with E-state index in [1.807, 2.05) is 0 Å². The summed E-state index contributed by atoms with van der Waals surface area (Å²) in [5.74, 6) is -1.63. The average molecular weight is 392 g/mol. The van der Waals surface area contributed by atoms with Gasteiger partial charge in [0.25, 0.3) is 5.91 Å². The molecule has 0 saturated carbocycles. The van der Waals surface area contributed by atoms with E-state index in [1.54, 1.807) is 43.3 Å². The topological polar surface area (TPSA) is 122 Å². The van der Waals surface area contributed by atoms with E-state index < -0.39 is 34.6 Å². The minimum absolute atomic E-state index is 0.0271. The molecule has 2 aromatic carbocycles. The number of sulfonamides is 1. The summed E-state index contributed by atoms with van der Waals surface area (Å²) in [6.45, 7) is 1.01. The number of carbonyl (C=O) groups excluding carboxylic acids is 2. The van der Waals surface area contributed by atoms with Gasteiger partial charge >= 0.3 is 5.97 Å². The minimum atomic E-state index is -3.67. The van der Waals surface area contributed by atoms with Crippen LogP contribution in [-0.2, 0) is 24.3 Å². The Morgan fingerprint density at radius 3 is 2.44 bits per heavy atom. The maximum Gasteiger partial charge on any atom is 0.340 e. The molecule has 144 valence electrons. The molecule has 2 aromatic rings. The zero-order chi connectivity index (χ0) is 20.0. The fourth-order valence-electron chi connectivity index (χ4n) is 2.26. The molecule has 0 spiro atoms. The van der Waals surface area contributed by atoms with Crippen molar-refractivity contribution in [1.82, 2.24) is 4.72 Å². The number of benzene rings is 2. The first-order chi connectivity index (χ1) is 12.7. The number of aliphatic hydroxyl groups is 1. The van der Waals surface area contributed by atoms with E-state index >= 15 is 0 Å². The van der Waals surface area contributed by atoms with Crippen LogP contribution >= 0.6 is 0 Å². The summed E-state index contributed by atoms with van der Waals surface area (Å²) in [6.07, 6.45) is -1.49. The van der Waals surface area contributed by atoms with E-state index in [9.17, 15) is 23.1 Å². The van der Waals surface area contributed by atoms with Crippen molar-refractivity contribution in [3.8, 4) is 0 Å². The molecule has 9 heteroatoms. The van der Waals surface area contributed by atoms with Crippen molar-refractivity contribution in [2.24, 2.45) is 0 Å². The van der Waals surface area contributed by atoms with Gasteiger partial charge < -0.3 is 15.2 Å². The molecule has 0 radical (unpaired) electrons. The van der Waals surface area contributed by atoms with Crippen LogP contribution in [0.2, 0.25) is 0 Å². The number of ether oxygens (including phenoxy) is 1. The molecule has 3 N–H and O–H groups in total. The molecule has 0 aromatic heterocycles. The van der Waals surface area contributed by atoms with Gasteiger partial charge in [-0.2, -0.15) is 0 Å². The monoisotopic (exact) mass is 392 g/mol. The summed E-state index contributed by atoms with van der Waals surface area (Å²) in [5.41, 5.74) is 1.10. The molecule has 0 saturated heterocycles. The van der Waals surface area contributed by atoms with E-state index in [-0.39, 0.29) is 10.6 Å². The third-order valence-corrected chi connectivity index (χ3v) is 5.27. The standard InChI is InChI=1S/C18H20N2O6S/c1-12-8-9-14(10-15(12)27(24,25)19-2)20-16(21)11-26-18(23)17(22)13-6-4-3-5-7-13/h3-10,17,19,22H,11H2,1-2H3,(H,20,21)/t17-/m1/s1. The van der Waals surface area contributed by atoms with Crippen molar-refractivity contribution < 1.29 is 27.9 Å². The highest BCUT2D eigenvalue weighted by Crippen LogP contribution is 2.20. The second-order valence-corrected chi connectivity index (χ2v) is 7.51. The molecule has 1 amide bonds. The van der Waals surface area contributed by atoms with Gasteiger partial charge in [0.1, 0.15) is 0 Å². The Kier molecular flexibility index (Phi) is 6.67. The highest BCUT2D eigenvalue weighted by molar-refractivity contribution is 7.89. The third kappa shape index (κ3) is 5.36. The number of anilines is 1. The van der Waals surface area contributed by atoms with Gasteiger partial charge in [-0.25, -0.2) is 17.9 Å². The quantitative estimate of drug-likeness (QED) is 0.607. The van der Waals surface area contributed by atoms with Gasteiger partial charge in [0.2, 0.25) is 10.0 Å². The van der Waals surface area contributed by atoms with Crippen molar-refractivity contribution in [2.45, 2.75) is 17.9 Å². The summed E-state index contributed by atoms with van der Waals surface area (Å²) >= 11 is 0. The Balaban J connectivity index is 1.98. The first-order valence-electron chi connectivity index (χ1n) is 7.98. The van der Waals surface area contributed by atoms with Gasteiger partial charge in [0, 0.05) is 5.69 Å². The number of hydrogen-bond donors (Lipinski definition) is 3. The molecule has 0 aliphatic heterocycles. The average Bonchev–Trinajstić information content (AvgIpc) is 2.67. The SMILES string of the molecule is CNS(=O)(=O)c1cc(NC(=O)COC(=O)[C@H](O)c2ccccc2)ccc1C. The molecule has 0 heterocycles. The maximum absolute atomic E-state index is 12.0. The summed E-state index contributed by atoms with van der Waals surface area (Å²) < 4.78 is 30.9. The Bertz CT molecular complexity index is 928. The van der Waals surface area contributed by atoms with Crippen molar-refractivity contribution in [3.63, 3.8) is 0 Å². The van der Waals surface area contributed by atoms with Gasteiger partial charge in [-0.1, -0.05) is 36.4 Å².